The summed E-state index contributed by atoms with van der Waals surface area (Å²) in [6.07, 6.45) is 0.296. The molecule has 3 aromatic carbocycles. The lowest BCUT2D eigenvalue weighted by molar-refractivity contribution is -0.136. The maximum absolute atomic E-state index is 15.3. The number of piperazine rings is 1. The molecule has 6 rings (SSSR count). The van der Waals surface area contributed by atoms with E-state index in [0.29, 0.717) is 25.2 Å². The normalized spacial score (nSPS) is 20.6. The van der Waals surface area contributed by atoms with Crippen LogP contribution >= 0.6 is 0 Å². The molecule has 1 N–H and O–H groups in total. The Morgan fingerprint density at radius 2 is 1.60 bits per heavy atom. The average Bonchev–Trinajstić information content (AvgIpc) is 3.30. The van der Waals surface area contributed by atoms with E-state index >= 15 is 4.39 Å². The van der Waals surface area contributed by atoms with E-state index in [-0.39, 0.29) is 48.4 Å². The summed E-state index contributed by atoms with van der Waals surface area (Å²) in [7, 11) is 0. The lowest BCUT2D eigenvalue weighted by atomic mass is 9.89. The second-order valence-corrected chi connectivity index (χ2v) is 11.8. The number of nitrogens with one attached hydrogen (secondary N) is 1. The van der Waals surface area contributed by atoms with Gasteiger partial charge in [-0.15, -0.1) is 0 Å². The van der Waals surface area contributed by atoms with Crippen LogP contribution in [0.3, 0.4) is 0 Å². The predicted octanol–water partition coefficient (Wildman–Crippen LogP) is 3.91. The van der Waals surface area contributed by atoms with E-state index in [1.165, 1.54) is 16.0 Å². The molecule has 216 valence electrons. The van der Waals surface area contributed by atoms with Gasteiger partial charge in [-0.2, -0.15) is 0 Å². The average molecular weight is 569 g/mol. The van der Waals surface area contributed by atoms with Crippen molar-refractivity contribution in [1.82, 2.24) is 20.0 Å². The van der Waals surface area contributed by atoms with Gasteiger partial charge in [-0.05, 0) is 49.1 Å². The van der Waals surface area contributed by atoms with E-state index in [0.717, 1.165) is 6.07 Å². The molecule has 2 saturated heterocycles. The van der Waals surface area contributed by atoms with E-state index in [9.17, 15) is 19.2 Å². The van der Waals surface area contributed by atoms with Crippen LogP contribution in [0, 0.1) is 5.82 Å². The van der Waals surface area contributed by atoms with Crippen molar-refractivity contribution in [2.75, 3.05) is 19.6 Å². The van der Waals surface area contributed by atoms with Gasteiger partial charge in [0.15, 0.2) is 0 Å². The van der Waals surface area contributed by atoms with E-state index < -0.39 is 29.2 Å². The number of halogens is 1. The first-order valence-electron chi connectivity index (χ1n) is 14.3. The Morgan fingerprint density at radius 1 is 0.952 bits per heavy atom. The summed E-state index contributed by atoms with van der Waals surface area (Å²) >= 11 is 0. The number of amides is 4. The molecule has 3 aliphatic heterocycles. The molecule has 9 heteroatoms. The number of hydrogen-bond acceptors (Lipinski definition) is 5. The van der Waals surface area contributed by atoms with E-state index in [1.807, 2.05) is 36.4 Å². The number of hydrogen-bond donors (Lipinski definition) is 1. The highest BCUT2D eigenvalue weighted by Crippen LogP contribution is 2.37. The Bertz CT molecular complexity index is 1520. The van der Waals surface area contributed by atoms with Crippen LogP contribution in [-0.2, 0) is 16.1 Å². The second-order valence-electron chi connectivity index (χ2n) is 11.8. The molecule has 0 spiro atoms. The summed E-state index contributed by atoms with van der Waals surface area (Å²) < 4.78 is 15.3. The molecule has 3 aliphatic rings. The van der Waals surface area contributed by atoms with Crippen LogP contribution < -0.4 is 5.32 Å². The quantitative estimate of drug-likeness (QED) is 0.472. The van der Waals surface area contributed by atoms with Crippen molar-refractivity contribution < 1.29 is 23.6 Å². The van der Waals surface area contributed by atoms with Gasteiger partial charge in [0.1, 0.15) is 11.9 Å². The fourth-order valence-corrected chi connectivity index (χ4v) is 6.61. The van der Waals surface area contributed by atoms with Crippen molar-refractivity contribution in [3.63, 3.8) is 0 Å². The third-order valence-corrected chi connectivity index (χ3v) is 8.62. The monoisotopic (exact) mass is 568 g/mol. The molecular weight excluding hydrogens is 535 g/mol. The smallest absolute Gasteiger partial charge is 0.258 e. The number of benzene rings is 3. The van der Waals surface area contributed by atoms with Crippen molar-refractivity contribution in [3.05, 3.63) is 106 Å². The fourth-order valence-electron chi connectivity index (χ4n) is 6.61. The zero-order valence-corrected chi connectivity index (χ0v) is 23.7. The largest absolute Gasteiger partial charge is 0.336 e. The Hall–Kier alpha value is -4.37. The van der Waals surface area contributed by atoms with Crippen LogP contribution in [0.2, 0.25) is 0 Å². The summed E-state index contributed by atoms with van der Waals surface area (Å²) in [5.74, 6) is -2.62. The Kier molecular flexibility index (Phi) is 7.14. The van der Waals surface area contributed by atoms with Crippen molar-refractivity contribution in [3.8, 4) is 0 Å². The Balaban J connectivity index is 1.23. The number of fused-ring (bicyclic) bond motifs is 1. The minimum Gasteiger partial charge on any atom is -0.336 e. The lowest BCUT2D eigenvalue weighted by Gasteiger charge is -2.50. The van der Waals surface area contributed by atoms with E-state index in [4.69, 9.17) is 0 Å². The molecule has 2 fully saturated rings. The first-order valence-corrected chi connectivity index (χ1v) is 14.3. The fraction of sp³-hybridized carbons (Fsp3) is 0.333. The van der Waals surface area contributed by atoms with Gasteiger partial charge >= 0.3 is 0 Å². The van der Waals surface area contributed by atoms with Crippen molar-refractivity contribution in [2.45, 2.75) is 50.9 Å². The zero-order chi connectivity index (χ0) is 29.6. The Labute approximate surface area is 244 Å². The number of carbonyl (C=O) groups excluding carboxylic acids is 4. The van der Waals surface area contributed by atoms with Crippen molar-refractivity contribution >= 4 is 23.6 Å². The van der Waals surface area contributed by atoms with Crippen molar-refractivity contribution in [2.24, 2.45) is 0 Å². The molecule has 3 heterocycles. The highest BCUT2D eigenvalue weighted by Gasteiger charge is 2.43. The Morgan fingerprint density at radius 3 is 2.19 bits per heavy atom. The van der Waals surface area contributed by atoms with Crippen molar-refractivity contribution in [1.29, 1.82) is 0 Å². The predicted molar refractivity (Wildman–Crippen MR) is 154 cm³/mol. The summed E-state index contributed by atoms with van der Waals surface area (Å²) in [6.45, 7) is 5.74. The standard InChI is InChI=1S/C33H33FN4O4/c1-33(2)20-36(15-16-38(33)29(21-9-5-3-6-10-21)22-11-7-4-8-12-22)31(41)23-17-24-19-37(32(42)28(24)25(34)18-23)26-13-14-27(39)35-30(26)40/h3-12,17-18,26,29H,13-16,19-20H2,1-2H3,(H,35,39,40). The van der Waals surface area contributed by atoms with Gasteiger partial charge < -0.3 is 9.80 Å². The lowest BCUT2D eigenvalue weighted by Crippen LogP contribution is -2.61. The van der Waals surface area contributed by atoms with E-state index in [2.05, 4.69) is 48.3 Å². The van der Waals surface area contributed by atoms with Crippen LogP contribution in [0.25, 0.3) is 0 Å². The first kappa shape index (κ1) is 27.8. The summed E-state index contributed by atoms with van der Waals surface area (Å²) in [5, 5.41) is 2.25. The molecule has 1 atom stereocenters. The van der Waals surface area contributed by atoms with Crippen LogP contribution in [-0.4, -0.2) is 69.5 Å². The van der Waals surface area contributed by atoms with Gasteiger partial charge in [0.25, 0.3) is 11.8 Å². The summed E-state index contributed by atoms with van der Waals surface area (Å²) in [4.78, 5) is 56.2. The van der Waals surface area contributed by atoms with Gasteiger partial charge in [0.05, 0.1) is 11.6 Å². The van der Waals surface area contributed by atoms with E-state index in [1.54, 1.807) is 11.0 Å². The molecule has 1 unspecified atom stereocenters. The highest BCUT2D eigenvalue weighted by atomic mass is 19.1. The van der Waals surface area contributed by atoms with Crippen LogP contribution in [0.1, 0.15) is 70.1 Å². The molecule has 3 aromatic rings. The van der Waals surface area contributed by atoms with Gasteiger partial charge in [0.2, 0.25) is 11.8 Å². The molecule has 0 radical (unpaired) electrons. The van der Waals surface area contributed by atoms with Gasteiger partial charge in [-0.25, -0.2) is 4.39 Å². The maximum Gasteiger partial charge on any atom is 0.258 e. The molecule has 0 aliphatic carbocycles. The summed E-state index contributed by atoms with van der Waals surface area (Å²) in [5.41, 5.74) is 2.37. The first-order chi connectivity index (χ1) is 20.1. The van der Waals surface area contributed by atoms with Crippen LogP contribution in [0.4, 0.5) is 4.39 Å². The second kappa shape index (κ2) is 10.8. The number of rotatable bonds is 5. The highest BCUT2D eigenvalue weighted by molar-refractivity contribution is 6.06. The topological polar surface area (TPSA) is 90.0 Å². The third-order valence-electron chi connectivity index (χ3n) is 8.62. The third kappa shape index (κ3) is 4.98. The summed E-state index contributed by atoms with van der Waals surface area (Å²) in [6, 6.07) is 22.5. The number of imide groups is 1. The molecule has 8 nitrogen and oxygen atoms in total. The number of carbonyl (C=O) groups is 4. The maximum atomic E-state index is 15.3. The number of nitrogens with zero attached hydrogens (tertiary/aromatic N) is 3. The zero-order valence-electron chi connectivity index (χ0n) is 23.7. The molecular formula is C33H33FN4O4. The van der Waals surface area contributed by atoms with Gasteiger partial charge in [-0.1, -0.05) is 60.7 Å². The van der Waals surface area contributed by atoms with Crippen LogP contribution in [0.15, 0.2) is 72.8 Å². The minimum atomic E-state index is -0.850. The number of piperidine rings is 1. The minimum absolute atomic E-state index is 0.00127. The molecule has 4 amide bonds. The molecule has 0 aromatic heterocycles. The molecule has 0 bridgehead atoms. The van der Waals surface area contributed by atoms with Crippen LogP contribution in [0.5, 0.6) is 0 Å². The van der Waals surface area contributed by atoms with Gasteiger partial charge in [-0.3, -0.25) is 29.4 Å². The molecule has 0 saturated carbocycles. The SMILES string of the molecule is CC1(C)CN(C(=O)c2cc(F)c3c(c2)CN(C2CCC(=O)NC2=O)C3=O)CCN1C(c1ccccc1)c1ccccc1. The van der Waals surface area contributed by atoms with Gasteiger partial charge in [0, 0.05) is 43.7 Å². The molecule has 42 heavy (non-hydrogen) atoms.